The Labute approximate surface area is 130 Å². The van der Waals surface area contributed by atoms with Gasteiger partial charge in [0.05, 0.1) is 16.3 Å². The summed E-state index contributed by atoms with van der Waals surface area (Å²) < 4.78 is 0.715. The van der Waals surface area contributed by atoms with Crippen LogP contribution < -0.4 is 5.32 Å². The number of amides is 1. The summed E-state index contributed by atoms with van der Waals surface area (Å²) in [5.74, 6) is -0.223. The van der Waals surface area contributed by atoms with E-state index < -0.39 is 0 Å². The lowest BCUT2D eigenvalue weighted by atomic mass is 10.1. The van der Waals surface area contributed by atoms with E-state index in [1.807, 2.05) is 25.1 Å². The Kier molecular flexibility index (Phi) is 4.55. The molecule has 1 amide bonds. The van der Waals surface area contributed by atoms with Crippen molar-refractivity contribution in [3.05, 3.63) is 57.0 Å². The third-order valence-electron chi connectivity index (χ3n) is 2.66. The van der Waals surface area contributed by atoms with Crippen molar-refractivity contribution < 1.29 is 4.79 Å². The molecule has 0 unspecified atom stereocenters. The maximum absolute atomic E-state index is 12.3. The van der Waals surface area contributed by atoms with Gasteiger partial charge >= 0.3 is 0 Å². The molecule has 0 aliphatic carbocycles. The number of para-hydroxylation sites is 1. The fraction of sp³-hybridized carbons (Fsp3) is 0.0714. The van der Waals surface area contributed by atoms with Crippen molar-refractivity contribution in [1.82, 2.24) is 0 Å². The number of carbonyl (C=O) groups excluding carboxylic acids is 1. The van der Waals surface area contributed by atoms with Crippen LogP contribution in [0.15, 0.2) is 45.8 Å². The molecule has 0 aromatic heterocycles. The highest BCUT2D eigenvalue weighted by Gasteiger charge is 2.13. The van der Waals surface area contributed by atoms with E-state index in [1.165, 1.54) is 0 Å². The van der Waals surface area contributed by atoms with Crippen molar-refractivity contribution in [3.8, 4) is 0 Å². The summed E-state index contributed by atoms with van der Waals surface area (Å²) in [6.07, 6.45) is 0. The number of anilines is 1. The largest absolute Gasteiger partial charge is 0.320 e. The Morgan fingerprint density at radius 1 is 1.32 bits per heavy atom. The molecule has 2 rings (SSSR count). The first-order valence-electron chi connectivity index (χ1n) is 5.54. The first-order valence-corrected chi connectivity index (χ1v) is 7.16. The maximum Gasteiger partial charge on any atom is 0.256 e. The SMILES string of the molecule is Cc1cccc(Cl)c1NC(=O)c1cc(S)ccc1Br. The van der Waals surface area contributed by atoms with E-state index in [0.717, 1.165) is 10.5 Å². The fourth-order valence-corrected chi connectivity index (χ4v) is 2.56. The lowest BCUT2D eigenvalue weighted by Gasteiger charge is -2.11. The molecule has 5 heteroatoms. The predicted octanol–water partition coefficient (Wildman–Crippen LogP) is 4.95. The van der Waals surface area contributed by atoms with E-state index in [9.17, 15) is 4.79 Å². The van der Waals surface area contributed by atoms with E-state index in [0.29, 0.717) is 20.7 Å². The van der Waals surface area contributed by atoms with E-state index in [-0.39, 0.29) is 5.91 Å². The number of carbonyl (C=O) groups is 1. The number of hydrogen-bond donors (Lipinski definition) is 2. The molecule has 2 aromatic carbocycles. The standard InChI is InChI=1S/C14H11BrClNOS/c1-8-3-2-4-12(16)13(8)17-14(18)10-7-9(19)5-6-11(10)15/h2-7,19H,1H3,(H,17,18). The van der Waals surface area contributed by atoms with Crippen LogP contribution in [-0.2, 0) is 0 Å². The number of benzene rings is 2. The van der Waals surface area contributed by atoms with Crippen molar-refractivity contribution >= 4 is 51.8 Å². The second kappa shape index (κ2) is 5.99. The zero-order chi connectivity index (χ0) is 14.0. The summed E-state index contributed by atoms with van der Waals surface area (Å²) in [6.45, 7) is 1.89. The lowest BCUT2D eigenvalue weighted by molar-refractivity contribution is 0.102. The average molecular weight is 357 g/mol. The molecule has 0 atom stereocenters. The predicted molar refractivity (Wildman–Crippen MR) is 85.5 cm³/mol. The molecule has 0 fully saturated rings. The van der Waals surface area contributed by atoms with Crippen LogP contribution in [0.3, 0.4) is 0 Å². The lowest BCUT2D eigenvalue weighted by Crippen LogP contribution is -2.13. The van der Waals surface area contributed by atoms with Gasteiger partial charge in [-0.2, -0.15) is 0 Å². The zero-order valence-corrected chi connectivity index (χ0v) is 13.3. The summed E-state index contributed by atoms with van der Waals surface area (Å²) >= 11 is 13.7. The second-order valence-electron chi connectivity index (χ2n) is 4.05. The van der Waals surface area contributed by atoms with Gasteiger partial charge in [-0.15, -0.1) is 12.6 Å². The normalized spacial score (nSPS) is 10.3. The van der Waals surface area contributed by atoms with Crippen LogP contribution in [0.5, 0.6) is 0 Å². The van der Waals surface area contributed by atoms with E-state index in [2.05, 4.69) is 33.9 Å². The van der Waals surface area contributed by atoms with Gasteiger partial charge in [0.2, 0.25) is 0 Å². The van der Waals surface area contributed by atoms with Gasteiger partial charge < -0.3 is 5.32 Å². The summed E-state index contributed by atoms with van der Waals surface area (Å²) in [6, 6.07) is 10.8. The minimum Gasteiger partial charge on any atom is -0.320 e. The second-order valence-corrected chi connectivity index (χ2v) is 5.83. The average Bonchev–Trinajstić information content (AvgIpc) is 2.37. The smallest absolute Gasteiger partial charge is 0.256 e. The number of hydrogen-bond acceptors (Lipinski definition) is 2. The van der Waals surface area contributed by atoms with Gasteiger partial charge in [-0.1, -0.05) is 23.7 Å². The third kappa shape index (κ3) is 3.32. The quantitative estimate of drug-likeness (QED) is 0.732. The van der Waals surface area contributed by atoms with Crippen LogP contribution >= 0.6 is 40.2 Å². The highest BCUT2D eigenvalue weighted by Crippen LogP contribution is 2.27. The molecule has 0 radical (unpaired) electrons. The number of thiol groups is 1. The van der Waals surface area contributed by atoms with Gasteiger partial charge in [0.15, 0.2) is 0 Å². The van der Waals surface area contributed by atoms with Crippen LogP contribution in [0, 0.1) is 6.92 Å². The van der Waals surface area contributed by atoms with Crippen LogP contribution in [0.1, 0.15) is 15.9 Å². The van der Waals surface area contributed by atoms with Crippen molar-refractivity contribution in [3.63, 3.8) is 0 Å². The molecular formula is C14H11BrClNOS. The maximum atomic E-state index is 12.3. The Bertz CT molecular complexity index is 625. The minimum atomic E-state index is -0.223. The third-order valence-corrected chi connectivity index (χ3v) is 3.94. The molecule has 0 saturated carbocycles. The summed E-state index contributed by atoms with van der Waals surface area (Å²) in [5, 5.41) is 3.35. The molecule has 0 saturated heterocycles. The number of rotatable bonds is 2. The van der Waals surface area contributed by atoms with Gasteiger partial charge in [0.1, 0.15) is 0 Å². The van der Waals surface area contributed by atoms with Crippen LogP contribution in [0.25, 0.3) is 0 Å². The van der Waals surface area contributed by atoms with Gasteiger partial charge in [0.25, 0.3) is 5.91 Å². The highest BCUT2D eigenvalue weighted by atomic mass is 79.9. The molecule has 0 bridgehead atoms. The first-order chi connectivity index (χ1) is 8.99. The molecule has 0 spiro atoms. The number of aryl methyl sites for hydroxylation is 1. The van der Waals surface area contributed by atoms with Crippen molar-refractivity contribution in [1.29, 1.82) is 0 Å². The van der Waals surface area contributed by atoms with E-state index >= 15 is 0 Å². The molecule has 2 nitrogen and oxygen atoms in total. The van der Waals surface area contributed by atoms with Crippen molar-refractivity contribution in [2.75, 3.05) is 5.32 Å². The highest BCUT2D eigenvalue weighted by molar-refractivity contribution is 9.10. The Balaban J connectivity index is 2.34. The summed E-state index contributed by atoms with van der Waals surface area (Å²) in [7, 11) is 0. The first kappa shape index (κ1) is 14.4. The fourth-order valence-electron chi connectivity index (χ4n) is 1.66. The van der Waals surface area contributed by atoms with Crippen molar-refractivity contribution in [2.45, 2.75) is 11.8 Å². The van der Waals surface area contributed by atoms with Crippen molar-refractivity contribution in [2.24, 2.45) is 0 Å². The molecule has 2 aromatic rings. The van der Waals surface area contributed by atoms with Gasteiger partial charge in [0, 0.05) is 9.37 Å². The Hall–Kier alpha value is -0.970. The molecule has 0 aliphatic heterocycles. The van der Waals surface area contributed by atoms with Gasteiger partial charge in [-0.25, -0.2) is 0 Å². The van der Waals surface area contributed by atoms with Crippen LogP contribution in [0.4, 0.5) is 5.69 Å². The van der Waals surface area contributed by atoms with E-state index in [4.69, 9.17) is 11.6 Å². The molecule has 0 aliphatic rings. The number of halogens is 2. The topological polar surface area (TPSA) is 29.1 Å². The zero-order valence-electron chi connectivity index (χ0n) is 10.1. The van der Waals surface area contributed by atoms with Crippen LogP contribution in [0.2, 0.25) is 5.02 Å². The summed E-state index contributed by atoms with van der Waals surface area (Å²) in [4.78, 5) is 13.0. The van der Waals surface area contributed by atoms with Gasteiger partial charge in [-0.3, -0.25) is 4.79 Å². The minimum absolute atomic E-state index is 0.223. The molecule has 1 N–H and O–H groups in total. The molecule has 98 valence electrons. The summed E-state index contributed by atoms with van der Waals surface area (Å²) in [5.41, 5.74) is 2.07. The number of nitrogens with one attached hydrogen (secondary N) is 1. The monoisotopic (exact) mass is 355 g/mol. The van der Waals surface area contributed by atoms with Crippen LogP contribution in [-0.4, -0.2) is 5.91 Å². The van der Waals surface area contributed by atoms with E-state index in [1.54, 1.807) is 18.2 Å². The molecule has 0 heterocycles. The molecular weight excluding hydrogens is 346 g/mol. The van der Waals surface area contributed by atoms with Gasteiger partial charge in [-0.05, 0) is 52.7 Å². The Morgan fingerprint density at radius 3 is 2.74 bits per heavy atom. The Morgan fingerprint density at radius 2 is 2.05 bits per heavy atom. The molecule has 19 heavy (non-hydrogen) atoms.